The van der Waals surface area contributed by atoms with Gasteiger partial charge in [0.1, 0.15) is 12.7 Å². The average molecular weight is 1060 g/mol. The number of allylic oxidation sites excluding steroid dienone is 14. The van der Waals surface area contributed by atoms with Gasteiger partial charge in [0, 0.05) is 19.3 Å². The van der Waals surface area contributed by atoms with Gasteiger partial charge in [0.05, 0.1) is 19.8 Å². The fraction of sp³-hybridized carbons (Fsp3) is 0.726. The molecule has 0 aliphatic heterocycles. The monoisotopic (exact) mass is 1060 g/mol. The number of ether oxygens (including phenoxy) is 3. The lowest BCUT2D eigenvalue weighted by Crippen LogP contribution is -2.30. The van der Waals surface area contributed by atoms with Crippen LogP contribution in [0.4, 0.5) is 0 Å². The van der Waals surface area contributed by atoms with Crippen molar-refractivity contribution in [2.75, 3.05) is 26.4 Å². The first-order chi connectivity index (χ1) is 36.2. The van der Waals surface area contributed by atoms with Gasteiger partial charge >= 0.3 is 25.7 Å². The van der Waals surface area contributed by atoms with E-state index < -0.39 is 57.8 Å². The zero-order chi connectivity index (χ0) is 54.1. The van der Waals surface area contributed by atoms with E-state index >= 15 is 0 Å². The predicted molar refractivity (Wildman–Crippen MR) is 307 cm³/mol. The number of phosphoric ester groups is 1. The first-order valence-corrected chi connectivity index (χ1v) is 31.0. The summed E-state index contributed by atoms with van der Waals surface area (Å²) in [5.41, 5.74) is 0. The van der Waals surface area contributed by atoms with Gasteiger partial charge in [-0.15, -0.1) is 0 Å². The molecule has 0 saturated heterocycles. The van der Waals surface area contributed by atoms with E-state index in [1.807, 2.05) is 0 Å². The summed E-state index contributed by atoms with van der Waals surface area (Å²) in [5.74, 6) is -1.53. The molecule has 0 aliphatic rings. The van der Waals surface area contributed by atoms with Crippen molar-refractivity contribution >= 4 is 25.7 Å². The normalized spacial score (nSPS) is 14.0. The minimum Gasteiger partial charge on any atom is -0.462 e. The average Bonchev–Trinajstić information content (AvgIpc) is 3.39. The van der Waals surface area contributed by atoms with Crippen molar-refractivity contribution in [3.63, 3.8) is 0 Å². The smallest absolute Gasteiger partial charge is 0.462 e. The van der Waals surface area contributed by atoms with E-state index in [1.165, 1.54) is 77.0 Å². The molecule has 0 amide bonds. The van der Waals surface area contributed by atoms with Gasteiger partial charge in [-0.25, -0.2) is 4.57 Å². The zero-order valence-corrected chi connectivity index (χ0v) is 47.9. The Balaban J connectivity index is 4.79. The second-order valence-electron chi connectivity index (χ2n) is 19.4. The SMILES string of the molecule is CC/C=C\C/C=C\C/C=C\C/C=C\CCCCC(=O)OCC(COP(=O)(O)OCC(CO)OC(=O)CCCCCCC/C=C\C/C=C\CCCCC)OC(=O)CCCCCCCCC/C=C\CCCCCCCC. The fourth-order valence-corrected chi connectivity index (χ4v) is 8.57. The number of hydrogen-bond acceptors (Lipinski definition) is 10. The van der Waals surface area contributed by atoms with Crippen molar-refractivity contribution in [2.45, 2.75) is 264 Å². The maximum absolute atomic E-state index is 12.9. The number of unbranched alkanes of at least 4 members (excludes halogenated alkanes) is 23. The van der Waals surface area contributed by atoms with Crippen molar-refractivity contribution < 1.29 is 52.2 Å². The Bertz CT molecular complexity index is 1560. The molecule has 426 valence electrons. The van der Waals surface area contributed by atoms with E-state index in [1.54, 1.807) is 0 Å². The van der Waals surface area contributed by atoms with E-state index in [4.69, 9.17) is 23.3 Å². The van der Waals surface area contributed by atoms with E-state index in [2.05, 4.69) is 106 Å². The van der Waals surface area contributed by atoms with Crippen LogP contribution in [0.1, 0.15) is 252 Å². The third-order valence-electron chi connectivity index (χ3n) is 12.3. The summed E-state index contributed by atoms with van der Waals surface area (Å²) in [6, 6.07) is 0. The number of aliphatic hydroxyl groups excluding tert-OH is 1. The van der Waals surface area contributed by atoms with Crippen LogP contribution in [0.5, 0.6) is 0 Å². The summed E-state index contributed by atoms with van der Waals surface area (Å²) < 4.78 is 39.5. The van der Waals surface area contributed by atoms with Crippen LogP contribution in [0.15, 0.2) is 85.1 Å². The van der Waals surface area contributed by atoms with Gasteiger partial charge in [-0.2, -0.15) is 0 Å². The number of phosphoric acid groups is 1. The van der Waals surface area contributed by atoms with E-state index in [0.717, 1.165) is 116 Å². The number of aliphatic hydroxyl groups is 1. The van der Waals surface area contributed by atoms with Crippen molar-refractivity contribution in [1.29, 1.82) is 0 Å². The Labute approximate surface area is 451 Å². The molecule has 0 heterocycles. The second-order valence-corrected chi connectivity index (χ2v) is 20.9. The van der Waals surface area contributed by atoms with Gasteiger partial charge in [0.2, 0.25) is 0 Å². The summed E-state index contributed by atoms with van der Waals surface area (Å²) >= 11 is 0. The van der Waals surface area contributed by atoms with E-state index in [-0.39, 0.29) is 25.9 Å². The first-order valence-electron chi connectivity index (χ1n) is 29.5. The number of rotatable bonds is 54. The molecule has 0 rings (SSSR count). The Kier molecular flexibility index (Phi) is 53.4. The molecule has 12 heteroatoms. The molecular formula is C62H107O11P. The third-order valence-corrected chi connectivity index (χ3v) is 13.2. The summed E-state index contributed by atoms with van der Waals surface area (Å²) in [6.45, 7) is 4.44. The van der Waals surface area contributed by atoms with Crippen LogP contribution in [0.2, 0.25) is 0 Å². The number of hydrogen-bond donors (Lipinski definition) is 2. The molecule has 3 atom stereocenters. The Hall–Kier alpha value is -3.34. The van der Waals surface area contributed by atoms with Gasteiger partial charge in [0.15, 0.2) is 6.10 Å². The molecule has 0 saturated carbocycles. The minimum absolute atomic E-state index is 0.150. The molecule has 0 aliphatic carbocycles. The van der Waals surface area contributed by atoms with Gasteiger partial charge in [-0.3, -0.25) is 23.4 Å². The summed E-state index contributed by atoms with van der Waals surface area (Å²) in [5, 5.41) is 9.82. The Morgan fingerprint density at radius 1 is 0.392 bits per heavy atom. The van der Waals surface area contributed by atoms with Crippen LogP contribution >= 0.6 is 7.82 Å². The van der Waals surface area contributed by atoms with Crippen LogP contribution in [0, 0.1) is 0 Å². The second kappa shape index (κ2) is 55.9. The highest BCUT2D eigenvalue weighted by atomic mass is 31.2. The highest BCUT2D eigenvalue weighted by Gasteiger charge is 2.28. The maximum Gasteiger partial charge on any atom is 0.472 e. The minimum atomic E-state index is -4.77. The van der Waals surface area contributed by atoms with Crippen molar-refractivity contribution in [2.24, 2.45) is 0 Å². The highest BCUT2D eigenvalue weighted by molar-refractivity contribution is 7.47. The molecule has 0 aromatic rings. The van der Waals surface area contributed by atoms with Crippen LogP contribution in [-0.4, -0.2) is 66.5 Å². The molecule has 0 aromatic heterocycles. The van der Waals surface area contributed by atoms with E-state index in [9.17, 15) is 28.9 Å². The molecule has 0 radical (unpaired) electrons. The van der Waals surface area contributed by atoms with Gasteiger partial charge < -0.3 is 24.2 Å². The molecule has 3 unspecified atom stereocenters. The first kappa shape index (κ1) is 70.7. The van der Waals surface area contributed by atoms with Crippen LogP contribution in [0.3, 0.4) is 0 Å². The van der Waals surface area contributed by atoms with Crippen molar-refractivity contribution in [3.8, 4) is 0 Å². The van der Waals surface area contributed by atoms with Crippen molar-refractivity contribution in [1.82, 2.24) is 0 Å². The van der Waals surface area contributed by atoms with Crippen LogP contribution in [0.25, 0.3) is 0 Å². The Morgan fingerprint density at radius 2 is 0.703 bits per heavy atom. The molecule has 0 bridgehead atoms. The summed E-state index contributed by atoms with van der Waals surface area (Å²) in [7, 11) is -4.77. The lowest BCUT2D eigenvalue weighted by Gasteiger charge is -2.21. The largest absolute Gasteiger partial charge is 0.472 e. The molecule has 0 spiro atoms. The van der Waals surface area contributed by atoms with Gasteiger partial charge in [-0.1, -0.05) is 202 Å². The zero-order valence-electron chi connectivity index (χ0n) is 47.0. The van der Waals surface area contributed by atoms with Gasteiger partial charge in [0.25, 0.3) is 0 Å². The molecule has 0 aromatic carbocycles. The molecule has 0 fully saturated rings. The third kappa shape index (κ3) is 53.5. The van der Waals surface area contributed by atoms with Crippen LogP contribution < -0.4 is 0 Å². The number of carbonyl (C=O) groups excluding carboxylic acids is 3. The molecule has 11 nitrogen and oxygen atoms in total. The quantitative estimate of drug-likeness (QED) is 0.0197. The fourth-order valence-electron chi connectivity index (χ4n) is 7.78. The molecule has 2 N–H and O–H groups in total. The number of carbonyl (C=O) groups is 3. The van der Waals surface area contributed by atoms with Crippen LogP contribution in [-0.2, 0) is 42.2 Å². The highest BCUT2D eigenvalue weighted by Crippen LogP contribution is 2.43. The van der Waals surface area contributed by atoms with Crippen molar-refractivity contribution in [3.05, 3.63) is 85.1 Å². The lowest BCUT2D eigenvalue weighted by atomic mass is 10.1. The summed E-state index contributed by atoms with van der Waals surface area (Å²) in [4.78, 5) is 48.6. The molecule has 74 heavy (non-hydrogen) atoms. The standard InChI is InChI=1S/C62H107O11P/c1-4-7-10-13-16-19-22-25-28-29-32-35-38-41-44-47-50-53-62(66)73-59(55-69-60(64)51-48-45-42-39-36-33-30-26-23-20-17-14-11-8-5-2)57-71-74(67,68)70-56-58(54-63)72-61(65)52-49-46-43-40-37-34-31-27-24-21-18-15-12-9-6-3/h8,11,17-18,20-21,25-28,30-31,36,39,58-59,63H,4-7,9-10,12-16,19,22-24,29,32-35,37-38,40-57H2,1-3H3,(H,67,68)/b11-8-,20-17-,21-18-,28-25-,30-26-,31-27-,39-36-. The molecular weight excluding hydrogens is 952 g/mol. The lowest BCUT2D eigenvalue weighted by molar-refractivity contribution is -0.161. The topological polar surface area (TPSA) is 155 Å². The number of esters is 3. The summed E-state index contributed by atoms with van der Waals surface area (Å²) in [6.07, 6.45) is 64.0. The maximum atomic E-state index is 12.9. The predicted octanol–water partition coefficient (Wildman–Crippen LogP) is 17.5. The Morgan fingerprint density at radius 3 is 1.15 bits per heavy atom. The van der Waals surface area contributed by atoms with E-state index in [0.29, 0.717) is 19.3 Å². The van der Waals surface area contributed by atoms with Gasteiger partial charge in [-0.05, 0) is 116 Å².